The van der Waals surface area contributed by atoms with E-state index >= 15 is 0 Å². The van der Waals surface area contributed by atoms with Crippen LogP contribution in [0.3, 0.4) is 0 Å². The topological polar surface area (TPSA) is 60.2 Å². The number of thioether (sulfide) groups is 1. The van der Waals surface area contributed by atoms with Crippen molar-refractivity contribution in [2.45, 2.75) is 24.1 Å². The normalized spacial score (nSPS) is 15.5. The lowest BCUT2D eigenvalue weighted by atomic mass is 10.1. The molecule has 1 aromatic heterocycles. The molecule has 0 spiro atoms. The highest BCUT2D eigenvalue weighted by Gasteiger charge is 2.24. The summed E-state index contributed by atoms with van der Waals surface area (Å²) in [5.41, 5.74) is 0. The van der Waals surface area contributed by atoms with Gasteiger partial charge in [-0.05, 0) is 18.2 Å². The van der Waals surface area contributed by atoms with Gasteiger partial charge in [0.05, 0.1) is 5.75 Å². The molecule has 1 saturated heterocycles. The summed E-state index contributed by atoms with van der Waals surface area (Å²) >= 11 is 7.38. The number of nitrogens with zero attached hydrogens (tertiary/aromatic N) is 4. The van der Waals surface area contributed by atoms with Gasteiger partial charge in [0.1, 0.15) is 18.2 Å². The van der Waals surface area contributed by atoms with Crippen molar-refractivity contribution in [1.29, 1.82) is 0 Å². The first kappa shape index (κ1) is 17.1. The van der Waals surface area contributed by atoms with Gasteiger partial charge in [0.15, 0.2) is 5.16 Å². The van der Waals surface area contributed by atoms with E-state index in [-0.39, 0.29) is 12.0 Å². The SMILES string of the molecule is Cn1cnnc1SCC(=O)N1CCC(Oc2cccc(Cl)c2)CC1. The average Bonchev–Trinajstić information content (AvgIpc) is 2.98. The molecule has 1 aliphatic heterocycles. The fourth-order valence-corrected chi connectivity index (χ4v) is 3.55. The molecule has 0 N–H and O–H groups in total. The van der Waals surface area contributed by atoms with Crippen LogP contribution in [0.25, 0.3) is 0 Å². The molecule has 0 aliphatic carbocycles. The number of hydrogen-bond acceptors (Lipinski definition) is 5. The van der Waals surface area contributed by atoms with Crippen LogP contribution < -0.4 is 4.74 Å². The number of halogens is 1. The van der Waals surface area contributed by atoms with E-state index in [1.165, 1.54) is 11.8 Å². The van der Waals surface area contributed by atoms with Crippen LogP contribution in [-0.2, 0) is 11.8 Å². The largest absolute Gasteiger partial charge is 0.490 e. The molecule has 0 bridgehead atoms. The molecule has 6 nitrogen and oxygen atoms in total. The van der Waals surface area contributed by atoms with Gasteiger partial charge in [-0.15, -0.1) is 10.2 Å². The highest BCUT2D eigenvalue weighted by molar-refractivity contribution is 7.99. The van der Waals surface area contributed by atoms with Crippen molar-refractivity contribution in [3.63, 3.8) is 0 Å². The van der Waals surface area contributed by atoms with Gasteiger partial charge in [-0.2, -0.15) is 0 Å². The molecule has 128 valence electrons. The van der Waals surface area contributed by atoms with Gasteiger partial charge in [0.2, 0.25) is 5.91 Å². The number of benzene rings is 1. The van der Waals surface area contributed by atoms with E-state index in [1.54, 1.807) is 6.33 Å². The van der Waals surface area contributed by atoms with Gasteiger partial charge in [0, 0.05) is 38.0 Å². The molecule has 0 unspecified atom stereocenters. The van der Waals surface area contributed by atoms with Crippen molar-refractivity contribution in [1.82, 2.24) is 19.7 Å². The van der Waals surface area contributed by atoms with Crippen molar-refractivity contribution < 1.29 is 9.53 Å². The lowest BCUT2D eigenvalue weighted by Crippen LogP contribution is -2.42. The third-order valence-electron chi connectivity index (χ3n) is 3.89. The Morgan fingerprint density at radius 3 is 2.88 bits per heavy atom. The lowest BCUT2D eigenvalue weighted by Gasteiger charge is -2.32. The summed E-state index contributed by atoms with van der Waals surface area (Å²) in [7, 11) is 1.87. The van der Waals surface area contributed by atoms with Gasteiger partial charge in [-0.1, -0.05) is 29.4 Å². The van der Waals surface area contributed by atoms with Crippen LogP contribution in [0.4, 0.5) is 0 Å². The van der Waals surface area contributed by atoms with E-state index in [0.717, 1.165) is 23.7 Å². The van der Waals surface area contributed by atoms with Crippen LogP contribution in [0.15, 0.2) is 35.7 Å². The number of hydrogen-bond donors (Lipinski definition) is 0. The molecular formula is C16H19ClN4O2S. The minimum atomic E-state index is 0.124. The Labute approximate surface area is 150 Å². The quantitative estimate of drug-likeness (QED) is 0.761. The Balaban J connectivity index is 1.44. The van der Waals surface area contributed by atoms with Crippen LogP contribution in [0.5, 0.6) is 5.75 Å². The number of carbonyl (C=O) groups excluding carboxylic acids is 1. The fraction of sp³-hybridized carbons (Fsp3) is 0.438. The maximum Gasteiger partial charge on any atom is 0.233 e. The maximum atomic E-state index is 12.3. The fourth-order valence-electron chi connectivity index (χ4n) is 2.58. The molecule has 2 heterocycles. The van der Waals surface area contributed by atoms with Crippen LogP contribution in [-0.4, -0.2) is 50.5 Å². The van der Waals surface area contributed by atoms with Gasteiger partial charge >= 0.3 is 0 Å². The van der Waals surface area contributed by atoms with Crippen molar-refractivity contribution in [2.24, 2.45) is 7.05 Å². The van der Waals surface area contributed by atoms with Crippen molar-refractivity contribution >= 4 is 29.3 Å². The molecule has 1 amide bonds. The second kappa shape index (κ2) is 7.90. The summed E-state index contributed by atoms with van der Waals surface area (Å²) in [5, 5.41) is 9.20. The summed E-state index contributed by atoms with van der Waals surface area (Å²) in [6, 6.07) is 7.42. The van der Waals surface area contributed by atoms with E-state index in [9.17, 15) is 4.79 Å². The number of likely N-dealkylation sites (tertiary alicyclic amines) is 1. The van der Waals surface area contributed by atoms with Crippen LogP contribution in [0.1, 0.15) is 12.8 Å². The zero-order valence-corrected chi connectivity index (χ0v) is 15.0. The number of aryl methyl sites for hydroxylation is 1. The summed E-state index contributed by atoms with van der Waals surface area (Å²) in [5.74, 6) is 1.29. The summed E-state index contributed by atoms with van der Waals surface area (Å²) in [6.07, 6.45) is 3.41. The smallest absolute Gasteiger partial charge is 0.233 e. The molecule has 3 rings (SSSR count). The summed E-state index contributed by atoms with van der Waals surface area (Å²) < 4.78 is 7.76. The number of aromatic nitrogens is 3. The molecule has 1 fully saturated rings. The van der Waals surface area contributed by atoms with E-state index < -0.39 is 0 Å². The van der Waals surface area contributed by atoms with Crippen LogP contribution >= 0.6 is 23.4 Å². The molecule has 0 saturated carbocycles. The first-order chi connectivity index (χ1) is 11.6. The Hall–Kier alpha value is -1.73. The van der Waals surface area contributed by atoms with Gasteiger partial charge in [-0.3, -0.25) is 4.79 Å². The summed E-state index contributed by atoms with van der Waals surface area (Å²) in [4.78, 5) is 14.2. The number of ether oxygens (including phenoxy) is 1. The minimum absolute atomic E-state index is 0.124. The third kappa shape index (κ3) is 4.42. The number of piperidine rings is 1. The second-order valence-corrected chi connectivity index (χ2v) is 7.05. The third-order valence-corrected chi connectivity index (χ3v) is 5.14. The lowest BCUT2D eigenvalue weighted by molar-refractivity contribution is -0.130. The predicted octanol–water partition coefficient (Wildman–Crippen LogP) is 2.63. The minimum Gasteiger partial charge on any atom is -0.490 e. The number of amides is 1. The molecule has 8 heteroatoms. The monoisotopic (exact) mass is 366 g/mol. The Morgan fingerprint density at radius 2 is 2.21 bits per heavy atom. The van der Waals surface area contributed by atoms with E-state index in [1.807, 2.05) is 40.8 Å². The van der Waals surface area contributed by atoms with E-state index in [4.69, 9.17) is 16.3 Å². The standard InChI is InChI=1S/C16H19ClN4O2S/c1-20-11-18-19-16(20)24-10-15(22)21-7-5-13(6-8-21)23-14-4-2-3-12(17)9-14/h2-4,9,11,13H,5-8,10H2,1H3. The first-order valence-electron chi connectivity index (χ1n) is 7.78. The highest BCUT2D eigenvalue weighted by atomic mass is 35.5. The Bertz CT molecular complexity index is 701. The molecular weight excluding hydrogens is 348 g/mol. The molecule has 0 atom stereocenters. The van der Waals surface area contributed by atoms with E-state index in [0.29, 0.717) is 23.9 Å². The number of carbonyl (C=O) groups is 1. The van der Waals surface area contributed by atoms with Gasteiger partial charge in [0.25, 0.3) is 0 Å². The predicted molar refractivity (Wildman–Crippen MR) is 93.4 cm³/mol. The zero-order valence-electron chi connectivity index (χ0n) is 13.4. The first-order valence-corrected chi connectivity index (χ1v) is 9.15. The summed E-state index contributed by atoms with van der Waals surface area (Å²) in [6.45, 7) is 1.42. The van der Waals surface area contributed by atoms with Crippen LogP contribution in [0, 0.1) is 0 Å². The van der Waals surface area contributed by atoms with Gasteiger partial charge in [-0.25, -0.2) is 0 Å². The molecule has 24 heavy (non-hydrogen) atoms. The van der Waals surface area contributed by atoms with Crippen LogP contribution in [0.2, 0.25) is 5.02 Å². The molecule has 2 aromatic rings. The zero-order chi connectivity index (χ0) is 16.9. The second-order valence-electron chi connectivity index (χ2n) is 5.67. The average molecular weight is 367 g/mol. The maximum absolute atomic E-state index is 12.3. The molecule has 0 radical (unpaired) electrons. The van der Waals surface area contributed by atoms with Crippen molar-refractivity contribution in [2.75, 3.05) is 18.8 Å². The van der Waals surface area contributed by atoms with Crippen molar-refractivity contribution in [3.05, 3.63) is 35.6 Å². The molecule has 1 aliphatic rings. The van der Waals surface area contributed by atoms with Gasteiger partial charge < -0.3 is 14.2 Å². The molecule has 1 aromatic carbocycles. The van der Waals surface area contributed by atoms with E-state index in [2.05, 4.69) is 10.2 Å². The highest BCUT2D eigenvalue weighted by Crippen LogP contribution is 2.23. The number of rotatable bonds is 5. The Morgan fingerprint density at radius 1 is 1.42 bits per heavy atom. The Kier molecular flexibility index (Phi) is 5.63. The van der Waals surface area contributed by atoms with Crippen molar-refractivity contribution in [3.8, 4) is 5.75 Å².